The van der Waals surface area contributed by atoms with E-state index < -0.39 is 0 Å². The van der Waals surface area contributed by atoms with Crippen molar-refractivity contribution in [1.82, 2.24) is 4.90 Å². The summed E-state index contributed by atoms with van der Waals surface area (Å²) in [4.78, 5) is 13.8. The van der Waals surface area contributed by atoms with Gasteiger partial charge in [0.05, 0.1) is 12.0 Å². The molecule has 4 nitrogen and oxygen atoms in total. The zero-order valence-electron chi connectivity index (χ0n) is 10.7. The van der Waals surface area contributed by atoms with Crippen molar-refractivity contribution < 1.29 is 4.79 Å². The van der Waals surface area contributed by atoms with Crippen molar-refractivity contribution in [2.24, 2.45) is 5.92 Å². The second-order valence-electron chi connectivity index (χ2n) is 4.76. The molecule has 0 saturated heterocycles. The molecule has 0 saturated carbocycles. The average Bonchev–Trinajstić information content (AvgIpc) is 2.84. The Morgan fingerprint density at radius 3 is 3.11 bits per heavy atom. The van der Waals surface area contributed by atoms with Gasteiger partial charge in [-0.25, -0.2) is 0 Å². The van der Waals surface area contributed by atoms with Crippen LogP contribution in [0.2, 0.25) is 0 Å². The Balaban J connectivity index is 2.12. The van der Waals surface area contributed by atoms with Gasteiger partial charge in [0.15, 0.2) is 0 Å². The number of carbonyl (C=O) groups is 1. The predicted octanol–water partition coefficient (Wildman–Crippen LogP) is 1.89. The van der Waals surface area contributed by atoms with Crippen LogP contribution in [0.3, 0.4) is 0 Å². The number of nitrogens with one attached hydrogen (secondary N) is 1. The number of benzene rings is 1. The normalized spacial score (nSPS) is 14.3. The number of amides is 1. The third-order valence-corrected chi connectivity index (χ3v) is 3.18. The maximum atomic E-state index is 12.2. The molecule has 1 heterocycles. The van der Waals surface area contributed by atoms with Crippen molar-refractivity contribution in [1.29, 1.82) is 5.26 Å². The Morgan fingerprint density at radius 1 is 1.61 bits per heavy atom. The van der Waals surface area contributed by atoms with Crippen LogP contribution in [0.4, 0.5) is 5.69 Å². The minimum Gasteiger partial charge on any atom is -0.384 e. The summed E-state index contributed by atoms with van der Waals surface area (Å²) in [6, 6.07) is 7.91. The van der Waals surface area contributed by atoms with Crippen molar-refractivity contribution in [2.45, 2.75) is 13.3 Å². The first-order chi connectivity index (χ1) is 8.61. The summed E-state index contributed by atoms with van der Waals surface area (Å²) in [6.07, 6.45) is 1.02. The van der Waals surface area contributed by atoms with Gasteiger partial charge in [0.25, 0.3) is 5.91 Å². The van der Waals surface area contributed by atoms with Crippen LogP contribution >= 0.6 is 0 Å². The van der Waals surface area contributed by atoms with Gasteiger partial charge in [-0.15, -0.1) is 0 Å². The number of anilines is 1. The van der Waals surface area contributed by atoms with Gasteiger partial charge in [-0.05, 0) is 31.0 Å². The van der Waals surface area contributed by atoms with Crippen molar-refractivity contribution in [3.05, 3.63) is 29.3 Å². The lowest BCUT2D eigenvalue weighted by molar-refractivity contribution is 0.0785. The van der Waals surface area contributed by atoms with Gasteiger partial charge in [0.2, 0.25) is 0 Å². The molecular weight excluding hydrogens is 226 g/mol. The van der Waals surface area contributed by atoms with Crippen LogP contribution in [0.15, 0.2) is 18.2 Å². The lowest BCUT2D eigenvalue weighted by atomic mass is 10.1. The summed E-state index contributed by atoms with van der Waals surface area (Å²) in [5.41, 5.74) is 3.00. The highest BCUT2D eigenvalue weighted by molar-refractivity contribution is 5.95. The topological polar surface area (TPSA) is 56.1 Å². The highest BCUT2D eigenvalue weighted by Crippen LogP contribution is 2.23. The van der Waals surface area contributed by atoms with E-state index in [9.17, 15) is 4.79 Å². The summed E-state index contributed by atoms with van der Waals surface area (Å²) in [5.74, 6) is -0.180. The fourth-order valence-electron chi connectivity index (χ4n) is 2.18. The fourth-order valence-corrected chi connectivity index (χ4v) is 2.18. The first-order valence-corrected chi connectivity index (χ1v) is 6.13. The highest BCUT2D eigenvalue weighted by Gasteiger charge is 2.17. The zero-order valence-corrected chi connectivity index (χ0v) is 10.7. The molecule has 0 spiro atoms. The van der Waals surface area contributed by atoms with E-state index in [1.165, 1.54) is 5.56 Å². The van der Waals surface area contributed by atoms with Gasteiger partial charge in [0.1, 0.15) is 0 Å². The lowest BCUT2D eigenvalue weighted by Gasteiger charge is -2.18. The van der Waals surface area contributed by atoms with E-state index in [0.717, 1.165) is 18.7 Å². The summed E-state index contributed by atoms with van der Waals surface area (Å²) in [7, 11) is 1.73. The van der Waals surface area contributed by atoms with E-state index >= 15 is 0 Å². The van der Waals surface area contributed by atoms with Crippen LogP contribution in [0.25, 0.3) is 0 Å². The van der Waals surface area contributed by atoms with Gasteiger partial charge in [-0.2, -0.15) is 5.26 Å². The van der Waals surface area contributed by atoms with Crippen LogP contribution < -0.4 is 5.32 Å². The van der Waals surface area contributed by atoms with Gasteiger partial charge >= 0.3 is 0 Å². The standard InChI is InChI=1S/C14H17N3O/c1-10(8-15)9-17(2)14(18)12-4-3-11-5-6-16-13(11)7-12/h3-4,7,10,16H,5-6,9H2,1-2H3. The minimum absolute atomic E-state index is 0.0337. The van der Waals surface area contributed by atoms with Crippen molar-refractivity contribution in [3.8, 4) is 6.07 Å². The van der Waals surface area contributed by atoms with E-state index in [4.69, 9.17) is 5.26 Å². The van der Waals surface area contributed by atoms with Crippen LogP contribution in [0, 0.1) is 17.2 Å². The molecule has 1 aromatic rings. The SMILES string of the molecule is CC(C#N)CN(C)C(=O)c1ccc2c(c1)NCC2. The maximum Gasteiger partial charge on any atom is 0.253 e. The predicted molar refractivity (Wildman–Crippen MR) is 70.4 cm³/mol. The summed E-state index contributed by atoms with van der Waals surface area (Å²) in [5, 5.41) is 12.0. The molecule has 1 unspecified atom stereocenters. The number of carbonyl (C=O) groups excluding carboxylic acids is 1. The lowest BCUT2D eigenvalue weighted by Crippen LogP contribution is -2.30. The Bertz CT molecular complexity index is 504. The first kappa shape index (κ1) is 12.4. The molecule has 0 bridgehead atoms. The van der Waals surface area contributed by atoms with Gasteiger partial charge in [-0.3, -0.25) is 4.79 Å². The Morgan fingerprint density at radius 2 is 2.39 bits per heavy atom. The summed E-state index contributed by atoms with van der Waals surface area (Å²) < 4.78 is 0. The van der Waals surface area contributed by atoms with Crippen molar-refractivity contribution in [3.63, 3.8) is 0 Å². The third-order valence-electron chi connectivity index (χ3n) is 3.18. The summed E-state index contributed by atoms with van der Waals surface area (Å²) >= 11 is 0. The van der Waals surface area contributed by atoms with Crippen molar-refractivity contribution >= 4 is 11.6 Å². The van der Waals surface area contributed by atoms with E-state index in [0.29, 0.717) is 12.1 Å². The van der Waals surface area contributed by atoms with E-state index in [2.05, 4.69) is 11.4 Å². The zero-order chi connectivity index (χ0) is 13.1. The monoisotopic (exact) mass is 243 g/mol. The molecule has 0 fully saturated rings. The number of fused-ring (bicyclic) bond motifs is 1. The molecule has 2 rings (SSSR count). The number of hydrogen-bond donors (Lipinski definition) is 1. The van der Waals surface area contributed by atoms with E-state index in [1.54, 1.807) is 11.9 Å². The fraction of sp³-hybridized carbons (Fsp3) is 0.429. The first-order valence-electron chi connectivity index (χ1n) is 6.13. The van der Waals surface area contributed by atoms with Gasteiger partial charge < -0.3 is 10.2 Å². The molecule has 1 aromatic carbocycles. The van der Waals surface area contributed by atoms with Crippen LogP contribution in [0.1, 0.15) is 22.8 Å². The molecule has 1 aliphatic rings. The highest BCUT2D eigenvalue weighted by atomic mass is 16.2. The van der Waals surface area contributed by atoms with Gasteiger partial charge in [-0.1, -0.05) is 6.07 Å². The number of nitrogens with zero attached hydrogens (tertiary/aromatic N) is 2. The molecular formula is C14H17N3O. The molecule has 4 heteroatoms. The van der Waals surface area contributed by atoms with Crippen LogP contribution in [-0.2, 0) is 6.42 Å². The summed E-state index contributed by atoms with van der Waals surface area (Å²) in [6.45, 7) is 3.21. The number of rotatable bonds is 3. The molecule has 0 aliphatic carbocycles. The second-order valence-corrected chi connectivity index (χ2v) is 4.76. The Hall–Kier alpha value is -2.02. The molecule has 0 aromatic heterocycles. The Labute approximate surface area is 107 Å². The number of hydrogen-bond acceptors (Lipinski definition) is 3. The van der Waals surface area contributed by atoms with E-state index in [1.807, 2.05) is 25.1 Å². The van der Waals surface area contributed by atoms with Gasteiger partial charge in [0, 0.05) is 31.4 Å². The quantitative estimate of drug-likeness (QED) is 0.882. The Kier molecular flexibility index (Phi) is 3.52. The minimum atomic E-state index is -0.147. The molecule has 1 atom stereocenters. The average molecular weight is 243 g/mol. The third kappa shape index (κ3) is 2.45. The molecule has 0 radical (unpaired) electrons. The molecule has 1 N–H and O–H groups in total. The molecule has 94 valence electrons. The number of nitriles is 1. The largest absolute Gasteiger partial charge is 0.384 e. The maximum absolute atomic E-state index is 12.2. The molecule has 1 aliphatic heterocycles. The molecule has 18 heavy (non-hydrogen) atoms. The second kappa shape index (κ2) is 5.09. The van der Waals surface area contributed by atoms with Crippen LogP contribution in [-0.4, -0.2) is 30.9 Å². The smallest absolute Gasteiger partial charge is 0.253 e. The molecule has 1 amide bonds. The van der Waals surface area contributed by atoms with Crippen LogP contribution in [0.5, 0.6) is 0 Å². The van der Waals surface area contributed by atoms with Crippen molar-refractivity contribution in [2.75, 3.05) is 25.5 Å². The van der Waals surface area contributed by atoms with E-state index in [-0.39, 0.29) is 11.8 Å².